The number of nitro benzene ring substituents is 1. The standard InChI is InChI=1S/C21H24N4O5/c1-30-17-9-10-18(19(12-17)25(28)29)23-20(26)14-24-11-5-6-15(13-24)21(27)22-16-7-3-2-4-8-16/h2-4,7-10,12,15H,5-6,11,13-14H2,1H3,(H,22,27)(H,23,26). The van der Waals surface area contributed by atoms with Gasteiger partial charge in [0.25, 0.3) is 5.69 Å². The van der Waals surface area contributed by atoms with E-state index in [2.05, 4.69) is 10.6 Å². The molecule has 1 aliphatic heterocycles. The molecule has 2 aromatic carbocycles. The topological polar surface area (TPSA) is 114 Å². The van der Waals surface area contributed by atoms with Crippen molar-refractivity contribution in [3.63, 3.8) is 0 Å². The van der Waals surface area contributed by atoms with Gasteiger partial charge >= 0.3 is 0 Å². The predicted molar refractivity (Wildman–Crippen MR) is 113 cm³/mol. The molecule has 2 amide bonds. The monoisotopic (exact) mass is 412 g/mol. The van der Waals surface area contributed by atoms with Crippen LogP contribution in [-0.2, 0) is 9.59 Å². The van der Waals surface area contributed by atoms with Crippen LogP contribution in [0.5, 0.6) is 5.75 Å². The number of carbonyl (C=O) groups is 2. The average molecular weight is 412 g/mol. The molecule has 9 nitrogen and oxygen atoms in total. The summed E-state index contributed by atoms with van der Waals surface area (Å²) in [4.78, 5) is 37.6. The Kier molecular flexibility index (Phi) is 6.97. The Hall–Kier alpha value is -3.46. The lowest BCUT2D eigenvalue weighted by Crippen LogP contribution is -2.44. The summed E-state index contributed by atoms with van der Waals surface area (Å²) in [5.74, 6) is -0.324. The fraction of sp³-hybridized carbons (Fsp3) is 0.333. The quantitative estimate of drug-likeness (QED) is 0.534. The van der Waals surface area contributed by atoms with Crippen LogP contribution in [0.3, 0.4) is 0 Å². The zero-order valence-electron chi connectivity index (χ0n) is 16.7. The number of hydrogen-bond acceptors (Lipinski definition) is 6. The number of hydrogen-bond donors (Lipinski definition) is 2. The van der Waals surface area contributed by atoms with Crippen molar-refractivity contribution >= 4 is 28.9 Å². The average Bonchev–Trinajstić information content (AvgIpc) is 2.74. The first-order chi connectivity index (χ1) is 14.5. The molecule has 0 bridgehead atoms. The summed E-state index contributed by atoms with van der Waals surface area (Å²) in [5, 5.41) is 16.8. The van der Waals surface area contributed by atoms with Crippen molar-refractivity contribution in [3.8, 4) is 5.75 Å². The molecule has 1 saturated heterocycles. The highest BCUT2D eigenvalue weighted by atomic mass is 16.6. The van der Waals surface area contributed by atoms with Crippen LogP contribution in [0, 0.1) is 16.0 Å². The molecule has 0 aliphatic carbocycles. The molecule has 1 fully saturated rings. The molecule has 2 N–H and O–H groups in total. The van der Waals surface area contributed by atoms with Crippen LogP contribution >= 0.6 is 0 Å². The number of amides is 2. The maximum Gasteiger partial charge on any atom is 0.296 e. The molecule has 1 atom stereocenters. The Balaban J connectivity index is 1.58. The number of nitro groups is 1. The zero-order chi connectivity index (χ0) is 21.5. The maximum absolute atomic E-state index is 12.5. The molecule has 9 heteroatoms. The van der Waals surface area contributed by atoms with Crippen LogP contribution in [0.25, 0.3) is 0 Å². The molecule has 0 radical (unpaired) electrons. The number of likely N-dealkylation sites (tertiary alicyclic amines) is 1. The van der Waals surface area contributed by atoms with Gasteiger partial charge in [-0.25, -0.2) is 0 Å². The number of rotatable bonds is 7. The van der Waals surface area contributed by atoms with Crippen LogP contribution in [0.1, 0.15) is 12.8 Å². The van der Waals surface area contributed by atoms with Crippen LogP contribution in [0.2, 0.25) is 0 Å². The van der Waals surface area contributed by atoms with Crippen molar-refractivity contribution in [1.82, 2.24) is 4.90 Å². The highest BCUT2D eigenvalue weighted by molar-refractivity contribution is 5.95. The molecule has 0 saturated carbocycles. The van der Waals surface area contributed by atoms with Crippen molar-refractivity contribution in [3.05, 3.63) is 58.6 Å². The Bertz CT molecular complexity index is 919. The van der Waals surface area contributed by atoms with E-state index in [1.54, 1.807) is 6.07 Å². The Morgan fingerprint density at radius 2 is 1.97 bits per heavy atom. The molecule has 3 rings (SSSR count). The molecule has 1 aliphatic rings. The lowest BCUT2D eigenvalue weighted by Gasteiger charge is -2.31. The summed E-state index contributed by atoms with van der Waals surface area (Å²) in [5.41, 5.74) is 0.617. The van der Waals surface area contributed by atoms with Crippen molar-refractivity contribution < 1.29 is 19.2 Å². The van der Waals surface area contributed by atoms with Gasteiger partial charge in [0.2, 0.25) is 11.8 Å². The van der Waals surface area contributed by atoms with Gasteiger partial charge in [-0.05, 0) is 43.7 Å². The van der Waals surface area contributed by atoms with Crippen LogP contribution in [0.15, 0.2) is 48.5 Å². The number of anilines is 2. The third-order valence-electron chi connectivity index (χ3n) is 4.96. The predicted octanol–water partition coefficient (Wildman–Crippen LogP) is 2.89. The number of nitrogens with one attached hydrogen (secondary N) is 2. The lowest BCUT2D eigenvalue weighted by atomic mass is 9.97. The first kappa shape index (κ1) is 21.3. The smallest absolute Gasteiger partial charge is 0.296 e. The number of benzene rings is 2. The van der Waals surface area contributed by atoms with Gasteiger partial charge in [-0.2, -0.15) is 0 Å². The highest BCUT2D eigenvalue weighted by Gasteiger charge is 2.27. The van der Waals surface area contributed by atoms with Gasteiger partial charge in [-0.15, -0.1) is 0 Å². The first-order valence-corrected chi connectivity index (χ1v) is 9.67. The number of methoxy groups -OCH3 is 1. The van der Waals surface area contributed by atoms with Crippen LogP contribution in [0.4, 0.5) is 17.1 Å². The first-order valence-electron chi connectivity index (χ1n) is 9.67. The minimum absolute atomic E-state index is 0.0539. The molecule has 1 unspecified atom stereocenters. The minimum atomic E-state index is -0.566. The van der Waals surface area contributed by atoms with Gasteiger partial charge in [-0.1, -0.05) is 18.2 Å². The fourth-order valence-electron chi connectivity index (χ4n) is 3.47. The molecular formula is C21H24N4O5. The number of nitrogens with zero attached hydrogens (tertiary/aromatic N) is 2. The van der Waals surface area contributed by atoms with Crippen molar-refractivity contribution in [2.24, 2.45) is 5.92 Å². The van der Waals surface area contributed by atoms with Crippen molar-refractivity contribution in [2.75, 3.05) is 37.4 Å². The highest BCUT2D eigenvalue weighted by Crippen LogP contribution is 2.29. The molecule has 1 heterocycles. The van der Waals surface area contributed by atoms with E-state index in [1.165, 1.54) is 19.2 Å². The summed E-state index contributed by atoms with van der Waals surface area (Å²) >= 11 is 0. The summed E-state index contributed by atoms with van der Waals surface area (Å²) in [6.45, 7) is 1.20. The molecule has 0 aromatic heterocycles. The Morgan fingerprint density at radius 1 is 1.20 bits per heavy atom. The largest absolute Gasteiger partial charge is 0.496 e. The van der Waals surface area contributed by atoms with E-state index in [9.17, 15) is 19.7 Å². The SMILES string of the molecule is COc1ccc(NC(=O)CN2CCCC(C(=O)Nc3ccccc3)C2)c([N+](=O)[O-])c1. The van der Waals surface area contributed by atoms with E-state index < -0.39 is 4.92 Å². The van der Waals surface area contributed by atoms with E-state index in [0.29, 0.717) is 18.8 Å². The van der Waals surface area contributed by atoms with E-state index in [4.69, 9.17) is 4.74 Å². The van der Waals surface area contributed by atoms with Gasteiger partial charge in [0.05, 0.1) is 30.6 Å². The molecule has 2 aromatic rings. The number of carbonyl (C=O) groups excluding carboxylic acids is 2. The van der Waals surface area contributed by atoms with Gasteiger partial charge in [-0.3, -0.25) is 24.6 Å². The van der Waals surface area contributed by atoms with Gasteiger partial charge < -0.3 is 15.4 Å². The summed E-state index contributed by atoms with van der Waals surface area (Å²) < 4.78 is 5.00. The van der Waals surface area contributed by atoms with E-state index in [-0.39, 0.29) is 35.7 Å². The number of piperidine rings is 1. The van der Waals surface area contributed by atoms with Gasteiger partial charge in [0, 0.05) is 12.2 Å². The Labute approximate surface area is 174 Å². The third kappa shape index (κ3) is 5.54. The minimum Gasteiger partial charge on any atom is -0.496 e. The molecule has 158 valence electrons. The van der Waals surface area contributed by atoms with Gasteiger partial charge in [0.15, 0.2) is 0 Å². The second-order valence-electron chi connectivity index (χ2n) is 7.12. The number of ether oxygens (including phenoxy) is 1. The Morgan fingerprint density at radius 3 is 2.67 bits per heavy atom. The van der Waals surface area contributed by atoms with Crippen LogP contribution < -0.4 is 15.4 Å². The second-order valence-corrected chi connectivity index (χ2v) is 7.12. The summed E-state index contributed by atoms with van der Waals surface area (Å²) in [6.07, 6.45) is 1.55. The normalized spacial score (nSPS) is 16.5. The summed E-state index contributed by atoms with van der Waals surface area (Å²) in [7, 11) is 1.41. The van der Waals surface area contributed by atoms with E-state index >= 15 is 0 Å². The van der Waals surface area contributed by atoms with Gasteiger partial charge in [0.1, 0.15) is 11.4 Å². The lowest BCUT2D eigenvalue weighted by molar-refractivity contribution is -0.384. The van der Waals surface area contributed by atoms with Crippen molar-refractivity contribution in [2.45, 2.75) is 12.8 Å². The second kappa shape index (κ2) is 9.84. The van der Waals surface area contributed by atoms with Crippen LogP contribution in [-0.4, -0.2) is 48.4 Å². The van der Waals surface area contributed by atoms with E-state index in [0.717, 1.165) is 18.5 Å². The molecule has 30 heavy (non-hydrogen) atoms. The molecular weight excluding hydrogens is 388 g/mol. The maximum atomic E-state index is 12.5. The summed E-state index contributed by atoms with van der Waals surface area (Å²) in [6, 6.07) is 13.5. The fourth-order valence-corrected chi connectivity index (χ4v) is 3.47. The van der Waals surface area contributed by atoms with Crippen molar-refractivity contribution in [1.29, 1.82) is 0 Å². The molecule has 0 spiro atoms. The van der Waals surface area contributed by atoms with E-state index in [1.807, 2.05) is 35.2 Å². The number of para-hydroxylation sites is 1. The third-order valence-corrected chi connectivity index (χ3v) is 4.96. The zero-order valence-corrected chi connectivity index (χ0v) is 16.7.